The van der Waals surface area contributed by atoms with Crippen LogP contribution in [0.2, 0.25) is 0 Å². The quantitative estimate of drug-likeness (QED) is 0.837. The van der Waals surface area contributed by atoms with Gasteiger partial charge in [0.05, 0.1) is 18.2 Å². The zero-order valence-corrected chi connectivity index (χ0v) is 12.5. The van der Waals surface area contributed by atoms with Crippen LogP contribution in [-0.2, 0) is 9.53 Å². The highest BCUT2D eigenvalue weighted by molar-refractivity contribution is 5.95. The molecule has 1 aliphatic rings. The van der Waals surface area contributed by atoms with Crippen molar-refractivity contribution >= 4 is 12.0 Å². The number of allylic oxidation sites excluding steroid dienone is 1. The number of esters is 1. The van der Waals surface area contributed by atoms with Gasteiger partial charge in [-0.05, 0) is 25.8 Å². The van der Waals surface area contributed by atoms with E-state index in [1.54, 1.807) is 6.92 Å². The third-order valence-electron chi connectivity index (χ3n) is 3.30. The molecule has 112 valence electrons. The van der Waals surface area contributed by atoms with E-state index in [1.807, 2.05) is 38.1 Å². The van der Waals surface area contributed by atoms with Gasteiger partial charge in [-0.1, -0.05) is 36.8 Å². The maximum Gasteiger partial charge on any atom is 0.338 e. The first-order valence-electron chi connectivity index (χ1n) is 7.05. The minimum atomic E-state index is -0.483. The van der Waals surface area contributed by atoms with Gasteiger partial charge in [-0.15, -0.1) is 0 Å². The van der Waals surface area contributed by atoms with Crippen molar-refractivity contribution in [2.75, 3.05) is 6.61 Å². The van der Waals surface area contributed by atoms with Crippen LogP contribution in [-0.4, -0.2) is 18.6 Å². The lowest BCUT2D eigenvalue weighted by Gasteiger charge is -2.28. The summed E-state index contributed by atoms with van der Waals surface area (Å²) in [7, 11) is 0. The largest absolute Gasteiger partial charge is 0.462 e. The van der Waals surface area contributed by atoms with E-state index >= 15 is 0 Å². The number of carbonyl (C=O) groups excluding carboxylic acids is 2. The van der Waals surface area contributed by atoms with Gasteiger partial charge >= 0.3 is 12.0 Å². The van der Waals surface area contributed by atoms with Crippen LogP contribution in [0.15, 0.2) is 35.5 Å². The van der Waals surface area contributed by atoms with E-state index in [1.165, 1.54) is 0 Å². The summed E-state index contributed by atoms with van der Waals surface area (Å²) in [5.41, 5.74) is 2.92. The summed E-state index contributed by atoms with van der Waals surface area (Å²) in [5.74, 6) is -0.395. The number of nitrogens with one attached hydrogen (secondary N) is 2. The van der Waals surface area contributed by atoms with Crippen LogP contribution in [0, 0.1) is 6.92 Å². The van der Waals surface area contributed by atoms with Crippen LogP contribution < -0.4 is 10.6 Å². The molecule has 0 spiro atoms. The molecule has 0 bridgehead atoms. The Kier molecular flexibility index (Phi) is 4.62. The zero-order valence-electron chi connectivity index (χ0n) is 12.5. The van der Waals surface area contributed by atoms with Gasteiger partial charge in [0.2, 0.25) is 0 Å². The van der Waals surface area contributed by atoms with E-state index in [2.05, 4.69) is 10.6 Å². The molecule has 2 N–H and O–H groups in total. The molecule has 2 amide bonds. The number of hydrogen-bond donors (Lipinski definition) is 2. The van der Waals surface area contributed by atoms with Gasteiger partial charge in [0, 0.05) is 5.70 Å². The molecule has 1 aliphatic heterocycles. The number of carbonyl (C=O) groups is 2. The van der Waals surface area contributed by atoms with E-state index < -0.39 is 12.0 Å². The Hall–Kier alpha value is -2.30. The van der Waals surface area contributed by atoms with Crippen LogP contribution in [0.5, 0.6) is 0 Å². The molecule has 0 saturated heterocycles. The number of aryl methyl sites for hydroxylation is 1. The second-order valence-corrected chi connectivity index (χ2v) is 5.12. The van der Waals surface area contributed by atoms with Crippen molar-refractivity contribution in [2.24, 2.45) is 0 Å². The van der Waals surface area contributed by atoms with Crippen LogP contribution >= 0.6 is 0 Å². The summed E-state index contributed by atoms with van der Waals surface area (Å²) in [4.78, 5) is 24.0. The molecule has 1 aromatic rings. The molecule has 5 nitrogen and oxygen atoms in total. The maximum atomic E-state index is 12.3. The second-order valence-electron chi connectivity index (χ2n) is 5.12. The molecule has 5 heteroatoms. The number of hydrogen-bond acceptors (Lipinski definition) is 3. The monoisotopic (exact) mass is 288 g/mol. The standard InChI is InChI=1S/C16H20N2O3/c1-4-8-21-15(19)13-11(3)17-16(20)18-14(13)12-7-5-6-10(2)9-12/h5-7,9,14H,4,8H2,1-3H3,(H2,17,18,20)/t14-/m1/s1. The van der Waals surface area contributed by atoms with Crippen molar-refractivity contribution in [1.82, 2.24) is 10.6 Å². The smallest absolute Gasteiger partial charge is 0.338 e. The molecule has 1 atom stereocenters. The van der Waals surface area contributed by atoms with Crippen LogP contribution in [0.4, 0.5) is 4.79 Å². The molecule has 1 aromatic carbocycles. The number of ether oxygens (including phenoxy) is 1. The van der Waals surface area contributed by atoms with Gasteiger partial charge in [0.15, 0.2) is 0 Å². The third kappa shape index (κ3) is 3.42. The van der Waals surface area contributed by atoms with Gasteiger partial charge in [-0.2, -0.15) is 0 Å². The van der Waals surface area contributed by atoms with Gasteiger partial charge < -0.3 is 15.4 Å². The molecule has 0 aromatic heterocycles. The van der Waals surface area contributed by atoms with E-state index in [0.717, 1.165) is 17.5 Å². The lowest BCUT2D eigenvalue weighted by Crippen LogP contribution is -2.45. The average Bonchev–Trinajstić information content (AvgIpc) is 2.44. The first kappa shape index (κ1) is 15.1. The summed E-state index contributed by atoms with van der Waals surface area (Å²) >= 11 is 0. The number of rotatable bonds is 4. The van der Waals surface area contributed by atoms with Crippen molar-refractivity contribution in [3.05, 3.63) is 46.7 Å². The van der Waals surface area contributed by atoms with Gasteiger partial charge in [-0.25, -0.2) is 9.59 Å². The number of benzene rings is 1. The first-order chi connectivity index (χ1) is 10.0. The van der Waals surface area contributed by atoms with Crippen molar-refractivity contribution in [3.8, 4) is 0 Å². The predicted octanol–water partition coefficient (Wildman–Crippen LogP) is 2.58. The van der Waals surface area contributed by atoms with Crippen LogP contribution in [0.3, 0.4) is 0 Å². The molecule has 0 aliphatic carbocycles. The Balaban J connectivity index is 2.38. The molecule has 1 heterocycles. The number of amides is 2. The van der Waals surface area contributed by atoms with E-state index in [0.29, 0.717) is 17.9 Å². The molecular weight excluding hydrogens is 268 g/mol. The SMILES string of the molecule is CCCOC(=O)C1=C(C)NC(=O)N[C@@H]1c1cccc(C)c1. The molecule has 21 heavy (non-hydrogen) atoms. The fourth-order valence-corrected chi connectivity index (χ4v) is 2.34. The predicted molar refractivity (Wildman–Crippen MR) is 79.5 cm³/mol. The minimum Gasteiger partial charge on any atom is -0.462 e. The van der Waals surface area contributed by atoms with Crippen molar-refractivity contribution in [2.45, 2.75) is 33.2 Å². The molecule has 0 saturated carbocycles. The molecule has 2 rings (SSSR count). The Morgan fingerprint density at radius 1 is 1.33 bits per heavy atom. The highest BCUT2D eigenvalue weighted by Crippen LogP contribution is 2.28. The Labute approximate surface area is 124 Å². The highest BCUT2D eigenvalue weighted by atomic mass is 16.5. The summed E-state index contributed by atoms with van der Waals surface area (Å²) in [6.45, 7) is 5.99. The Morgan fingerprint density at radius 3 is 2.76 bits per heavy atom. The molecule has 0 radical (unpaired) electrons. The average molecular weight is 288 g/mol. The lowest BCUT2D eigenvalue weighted by molar-refractivity contribution is -0.139. The molecule has 0 unspecified atom stereocenters. The van der Waals surface area contributed by atoms with E-state index in [4.69, 9.17) is 4.74 Å². The highest BCUT2D eigenvalue weighted by Gasteiger charge is 2.32. The fraction of sp³-hybridized carbons (Fsp3) is 0.375. The second kappa shape index (κ2) is 6.43. The van der Waals surface area contributed by atoms with Crippen molar-refractivity contribution in [3.63, 3.8) is 0 Å². The number of urea groups is 1. The van der Waals surface area contributed by atoms with Crippen molar-refractivity contribution in [1.29, 1.82) is 0 Å². The fourth-order valence-electron chi connectivity index (χ4n) is 2.34. The van der Waals surface area contributed by atoms with Gasteiger partial charge in [-0.3, -0.25) is 0 Å². The molecule has 0 fully saturated rings. The summed E-state index contributed by atoms with van der Waals surface area (Å²) < 4.78 is 5.23. The van der Waals surface area contributed by atoms with Crippen LogP contribution in [0.1, 0.15) is 37.4 Å². The zero-order chi connectivity index (χ0) is 15.4. The van der Waals surface area contributed by atoms with Gasteiger partial charge in [0.1, 0.15) is 0 Å². The molecular formula is C16H20N2O3. The summed E-state index contributed by atoms with van der Waals surface area (Å²) in [6.07, 6.45) is 0.757. The topological polar surface area (TPSA) is 67.4 Å². The van der Waals surface area contributed by atoms with E-state index in [-0.39, 0.29) is 6.03 Å². The maximum absolute atomic E-state index is 12.3. The summed E-state index contributed by atoms with van der Waals surface area (Å²) in [5, 5.41) is 5.42. The van der Waals surface area contributed by atoms with Gasteiger partial charge in [0.25, 0.3) is 0 Å². The van der Waals surface area contributed by atoms with Crippen LogP contribution in [0.25, 0.3) is 0 Å². The normalized spacial score (nSPS) is 18.0. The Morgan fingerprint density at radius 2 is 2.10 bits per heavy atom. The van der Waals surface area contributed by atoms with Crippen molar-refractivity contribution < 1.29 is 14.3 Å². The summed E-state index contributed by atoms with van der Waals surface area (Å²) in [6, 6.07) is 6.93. The lowest BCUT2D eigenvalue weighted by atomic mass is 9.94. The first-order valence-corrected chi connectivity index (χ1v) is 7.05. The Bertz CT molecular complexity index is 593. The third-order valence-corrected chi connectivity index (χ3v) is 3.30. The van der Waals surface area contributed by atoms with E-state index in [9.17, 15) is 9.59 Å². The minimum absolute atomic E-state index is 0.314.